The third-order valence-electron chi connectivity index (χ3n) is 5.35. The van der Waals surface area contributed by atoms with Crippen molar-refractivity contribution >= 4 is 33.6 Å². The van der Waals surface area contributed by atoms with Gasteiger partial charge in [0, 0.05) is 10.3 Å². The van der Waals surface area contributed by atoms with E-state index < -0.39 is 11.2 Å². The van der Waals surface area contributed by atoms with Crippen LogP contribution in [-0.2, 0) is 6.54 Å². The Kier molecular flexibility index (Phi) is 5.07. The minimum Gasteiger partial charge on any atom is -0.505 e. The lowest BCUT2D eigenvalue weighted by atomic mass is 10.1. The highest BCUT2D eigenvalue weighted by Crippen LogP contribution is 2.37. The molecule has 0 saturated heterocycles. The first-order valence-electron chi connectivity index (χ1n) is 10.1. The van der Waals surface area contributed by atoms with Crippen molar-refractivity contribution < 1.29 is 9.52 Å². The Hall–Kier alpha value is -3.77. The molecule has 0 aliphatic carbocycles. The SMILES string of the molecule is Cc1ccc2c3oc(=O)c(Sc4ccccc4)c(O)c3c(=O)n(Cc3ccccc3)c2c1. The first-order chi connectivity index (χ1) is 15.5. The molecule has 6 heteroatoms. The maximum absolute atomic E-state index is 13.6. The molecule has 0 radical (unpaired) electrons. The molecule has 2 heterocycles. The van der Waals surface area contributed by atoms with Crippen LogP contribution in [0.4, 0.5) is 0 Å². The van der Waals surface area contributed by atoms with Gasteiger partial charge < -0.3 is 14.1 Å². The van der Waals surface area contributed by atoms with Gasteiger partial charge >= 0.3 is 5.63 Å². The number of aromatic nitrogens is 1. The summed E-state index contributed by atoms with van der Waals surface area (Å²) in [6.07, 6.45) is 0. The summed E-state index contributed by atoms with van der Waals surface area (Å²) in [5, 5.41) is 11.7. The van der Waals surface area contributed by atoms with Gasteiger partial charge in [0.15, 0.2) is 11.3 Å². The number of aromatic hydroxyl groups is 1. The number of benzene rings is 3. The molecule has 5 nitrogen and oxygen atoms in total. The Bertz CT molecular complexity index is 1570. The van der Waals surface area contributed by atoms with Gasteiger partial charge in [-0.25, -0.2) is 4.79 Å². The van der Waals surface area contributed by atoms with E-state index >= 15 is 0 Å². The fourth-order valence-corrected chi connectivity index (χ4v) is 4.67. The van der Waals surface area contributed by atoms with E-state index in [9.17, 15) is 14.7 Å². The molecule has 0 amide bonds. The smallest absolute Gasteiger partial charge is 0.354 e. The molecule has 2 aromatic heterocycles. The van der Waals surface area contributed by atoms with Crippen LogP contribution < -0.4 is 11.2 Å². The molecule has 0 unspecified atom stereocenters. The highest BCUT2D eigenvalue weighted by Gasteiger charge is 2.22. The Labute approximate surface area is 187 Å². The Morgan fingerprint density at radius 1 is 0.938 bits per heavy atom. The summed E-state index contributed by atoms with van der Waals surface area (Å²) in [4.78, 5) is 27.2. The van der Waals surface area contributed by atoms with Crippen LogP contribution in [0.5, 0.6) is 5.75 Å². The van der Waals surface area contributed by atoms with Crippen LogP contribution in [0.25, 0.3) is 21.9 Å². The van der Waals surface area contributed by atoms with E-state index in [-0.39, 0.29) is 21.6 Å². The molecule has 0 aliphatic rings. The summed E-state index contributed by atoms with van der Waals surface area (Å²) in [6.45, 7) is 2.27. The Morgan fingerprint density at radius 3 is 2.34 bits per heavy atom. The topological polar surface area (TPSA) is 72.4 Å². The van der Waals surface area contributed by atoms with Crippen molar-refractivity contribution in [2.45, 2.75) is 23.3 Å². The van der Waals surface area contributed by atoms with Gasteiger partial charge in [0.2, 0.25) is 0 Å². The quantitative estimate of drug-likeness (QED) is 0.382. The third-order valence-corrected chi connectivity index (χ3v) is 6.43. The molecular weight excluding hydrogens is 422 g/mol. The van der Waals surface area contributed by atoms with Crippen molar-refractivity contribution in [3.05, 3.63) is 111 Å². The zero-order valence-electron chi connectivity index (χ0n) is 17.2. The van der Waals surface area contributed by atoms with E-state index in [0.717, 1.165) is 27.8 Å². The monoisotopic (exact) mass is 441 g/mol. The molecule has 0 atom stereocenters. The summed E-state index contributed by atoms with van der Waals surface area (Å²) >= 11 is 1.08. The first kappa shape index (κ1) is 20.2. The van der Waals surface area contributed by atoms with Crippen LogP contribution in [0.15, 0.2) is 103 Å². The molecule has 5 rings (SSSR count). The van der Waals surface area contributed by atoms with Gasteiger partial charge in [0.1, 0.15) is 10.3 Å². The number of hydrogen-bond acceptors (Lipinski definition) is 5. The molecule has 32 heavy (non-hydrogen) atoms. The summed E-state index contributed by atoms with van der Waals surface area (Å²) in [6, 6.07) is 24.4. The number of fused-ring (bicyclic) bond motifs is 3. The van der Waals surface area contributed by atoms with E-state index in [1.807, 2.05) is 85.8 Å². The highest BCUT2D eigenvalue weighted by atomic mass is 32.2. The number of nitrogens with zero attached hydrogens (tertiary/aromatic N) is 1. The number of hydrogen-bond donors (Lipinski definition) is 1. The molecule has 5 aromatic rings. The van der Waals surface area contributed by atoms with Crippen molar-refractivity contribution in [2.24, 2.45) is 0 Å². The van der Waals surface area contributed by atoms with Crippen LogP contribution >= 0.6 is 11.8 Å². The molecular formula is C26H19NO4S. The van der Waals surface area contributed by atoms with Crippen molar-refractivity contribution in [1.29, 1.82) is 0 Å². The lowest BCUT2D eigenvalue weighted by Gasteiger charge is -2.15. The zero-order chi connectivity index (χ0) is 22.2. The van der Waals surface area contributed by atoms with Gasteiger partial charge in [0.25, 0.3) is 5.56 Å². The van der Waals surface area contributed by atoms with Crippen LogP contribution in [0, 0.1) is 6.92 Å². The van der Waals surface area contributed by atoms with Gasteiger partial charge in [-0.2, -0.15) is 0 Å². The third kappa shape index (κ3) is 3.48. The minimum atomic E-state index is -0.675. The van der Waals surface area contributed by atoms with E-state index in [2.05, 4.69) is 0 Å². The lowest BCUT2D eigenvalue weighted by Crippen LogP contribution is -2.23. The van der Waals surface area contributed by atoms with Gasteiger partial charge in [0.05, 0.1) is 12.1 Å². The summed E-state index contributed by atoms with van der Waals surface area (Å²) in [7, 11) is 0. The van der Waals surface area contributed by atoms with E-state index in [1.165, 1.54) is 0 Å². The molecule has 0 saturated carbocycles. The van der Waals surface area contributed by atoms with Crippen LogP contribution in [0.1, 0.15) is 11.1 Å². The molecule has 0 spiro atoms. The number of pyridine rings is 1. The molecule has 1 N–H and O–H groups in total. The van der Waals surface area contributed by atoms with Crippen molar-refractivity contribution in [1.82, 2.24) is 4.57 Å². The highest BCUT2D eigenvalue weighted by molar-refractivity contribution is 7.99. The second-order valence-electron chi connectivity index (χ2n) is 7.58. The fraction of sp³-hybridized carbons (Fsp3) is 0.0769. The molecule has 0 aliphatic heterocycles. The summed E-state index contributed by atoms with van der Waals surface area (Å²) in [5.41, 5.74) is 1.60. The van der Waals surface area contributed by atoms with Gasteiger partial charge in [-0.1, -0.05) is 66.4 Å². The van der Waals surface area contributed by atoms with E-state index in [1.54, 1.807) is 4.57 Å². The number of aryl methyl sites for hydroxylation is 1. The molecule has 0 fully saturated rings. The average molecular weight is 442 g/mol. The summed E-state index contributed by atoms with van der Waals surface area (Å²) in [5.74, 6) is -0.348. The van der Waals surface area contributed by atoms with E-state index in [0.29, 0.717) is 17.4 Å². The predicted octanol–water partition coefficient (Wildman–Crippen LogP) is 5.32. The number of rotatable bonds is 4. The van der Waals surface area contributed by atoms with Crippen molar-refractivity contribution in [2.75, 3.05) is 0 Å². The van der Waals surface area contributed by atoms with Crippen LogP contribution in [0.3, 0.4) is 0 Å². The van der Waals surface area contributed by atoms with Crippen molar-refractivity contribution in [3.8, 4) is 5.75 Å². The van der Waals surface area contributed by atoms with Crippen LogP contribution in [0.2, 0.25) is 0 Å². The summed E-state index contributed by atoms with van der Waals surface area (Å²) < 4.78 is 7.26. The lowest BCUT2D eigenvalue weighted by molar-refractivity contribution is 0.446. The second kappa shape index (κ2) is 8.05. The molecule has 158 valence electrons. The van der Waals surface area contributed by atoms with Gasteiger partial charge in [-0.3, -0.25) is 4.79 Å². The Balaban J connectivity index is 1.82. The predicted molar refractivity (Wildman–Crippen MR) is 127 cm³/mol. The van der Waals surface area contributed by atoms with Crippen LogP contribution in [-0.4, -0.2) is 9.67 Å². The molecule has 0 bridgehead atoms. The second-order valence-corrected chi connectivity index (χ2v) is 8.67. The largest absolute Gasteiger partial charge is 0.505 e. The minimum absolute atomic E-state index is 0.00137. The van der Waals surface area contributed by atoms with Gasteiger partial charge in [-0.15, -0.1) is 0 Å². The van der Waals surface area contributed by atoms with E-state index in [4.69, 9.17) is 4.42 Å². The fourth-order valence-electron chi connectivity index (χ4n) is 3.82. The maximum atomic E-state index is 13.6. The average Bonchev–Trinajstić information content (AvgIpc) is 2.80. The normalized spacial score (nSPS) is 11.3. The maximum Gasteiger partial charge on any atom is 0.354 e. The molecule has 3 aromatic carbocycles. The van der Waals surface area contributed by atoms with Crippen molar-refractivity contribution in [3.63, 3.8) is 0 Å². The first-order valence-corrected chi connectivity index (χ1v) is 10.9. The Morgan fingerprint density at radius 2 is 1.62 bits per heavy atom. The van der Waals surface area contributed by atoms with Gasteiger partial charge in [-0.05, 0) is 42.3 Å². The zero-order valence-corrected chi connectivity index (χ0v) is 18.1. The standard InChI is InChI=1S/C26H19NO4S/c1-16-12-13-19-20(14-16)27(15-17-8-4-2-5-9-17)25(29)21-22(28)24(26(30)31-23(19)21)32-18-10-6-3-7-11-18/h2-14,28H,15H2,1H3.